The molecule has 140 valence electrons. The second-order valence-electron chi connectivity index (χ2n) is 7.73. The molecule has 1 aromatic carbocycles. The van der Waals surface area contributed by atoms with E-state index in [1.165, 1.54) is 40.7 Å². The lowest BCUT2D eigenvalue weighted by Crippen LogP contribution is -2.17. The lowest BCUT2D eigenvalue weighted by atomic mass is 9.91. The molecule has 0 bridgehead atoms. The Bertz CT molecular complexity index is 730. The highest BCUT2D eigenvalue weighted by Crippen LogP contribution is 2.30. The largest absolute Gasteiger partial charge is 0.299 e. The molecular weight excluding hydrogens is 332 g/mol. The standard InChI is InChI=1S/C21H32O3S/c1-15(2)25(23,24)12-7-5-6-9-19(22)14-18-13-16(3)20-10-8-11-21(20)17(18)4/h13,15H,5-12,14H2,1-4H3. The van der Waals surface area contributed by atoms with Crippen LogP contribution in [0.1, 0.15) is 73.8 Å². The molecule has 0 amide bonds. The summed E-state index contributed by atoms with van der Waals surface area (Å²) in [5.41, 5.74) is 6.81. The van der Waals surface area contributed by atoms with Crippen molar-refractivity contribution in [2.24, 2.45) is 0 Å². The van der Waals surface area contributed by atoms with Crippen molar-refractivity contribution >= 4 is 15.6 Å². The van der Waals surface area contributed by atoms with Gasteiger partial charge in [0, 0.05) is 12.8 Å². The molecule has 1 aliphatic rings. The van der Waals surface area contributed by atoms with E-state index in [1.54, 1.807) is 13.8 Å². The third-order valence-corrected chi connectivity index (χ3v) is 7.80. The monoisotopic (exact) mass is 364 g/mol. The minimum Gasteiger partial charge on any atom is -0.299 e. The maximum absolute atomic E-state index is 12.3. The molecule has 0 radical (unpaired) electrons. The summed E-state index contributed by atoms with van der Waals surface area (Å²) >= 11 is 0. The Kier molecular flexibility index (Phi) is 6.84. The number of aryl methyl sites for hydroxylation is 1. The predicted molar refractivity (Wildman–Crippen MR) is 104 cm³/mol. The van der Waals surface area contributed by atoms with Gasteiger partial charge in [-0.25, -0.2) is 8.42 Å². The van der Waals surface area contributed by atoms with Crippen LogP contribution >= 0.6 is 0 Å². The van der Waals surface area contributed by atoms with Crippen LogP contribution in [0.3, 0.4) is 0 Å². The average Bonchev–Trinajstić information content (AvgIpc) is 3.02. The van der Waals surface area contributed by atoms with Crippen LogP contribution in [-0.2, 0) is 33.9 Å². The molecule has 2 rings (SSSR count). The highest BCUT2D eigenvalue weighted by atomic mass is 32.2. The highest BCUT2D eigenvalue weighted by molar-refractivity contribution is 7.91. The minimum absolute atomic E-state index is 0.238. The van der Waals surface area contributed by atoms with Crippen LogP contribution in [0, 0.1) is 13.8 Å². The summed E-state index contributed by atoms with van der Waals surface area (Å²) < 4.78 is 23.5. The first-order valence-electron chi connectivity index (χ1n) is 9.56. The van der Waals surface area contributed by atoms with Crippen molar-refractivity contribution in [2.45, 2.75) is 84.3 Å². The molecule has 0 saturated heterocycles. The van der Waals surface area contributed by atoms with Crippen LogP contribution in [0.25, 0.3) is 0 Å². The summed E-state index contributed by atoms with van der Waals surface area (Å²) in [5.74, 6) is 0.509. The number of carbonyl (C=O) groups is 1. The van der Waals surface area contributed by atoms with E-state index in [0.29, 0.717) is 19.3 Å². The number of Topliss-reactive ketones (excluding diaryl/α,β-unsaturated/α-hetero) is 1. The molecule has 0 N–H and O–H groups in total. The zero-order chi connectivity index (χ0) is 18.6. The fourth-order valence-corrected chi connectivity index (χ4v) is 4.84. The van der Waals surface area contributed by atoms with Gasteiger partial charge < -0.3 is 0 Å². The van der Waals surface area contributed by atoms with Crippen LogP contribution in [0.15, 0.2) is 6.07 Å². The number of fused-ring (bicyclic) bond motifs is 1. The summed E-state index contributed by atoms with van der Waals surface area (Å²) in [5, 5.41) is -0.305. The molecule has 0 heterocycles. The molecule has 25 heavy (non-hydrogen) atoms. The van der Waals surface area contributed by atoms with Crippen molar-refractivity contribution < 1.29 is 13.2 Å². The summed E-state index contributed by atoms with van der Waals surface area (Å²) in [4.78, 5) is 12.3. The van der Waals surface area contributed by atoms with Gasteiger partial charge >= 0.3 is 0 Å². The molecule has 0 saturated carbocycles. The van der Waals surface area contributed by atoms with E-state index >= 15 is 0 Å². The molecule has 0 atom stereocenters. The molecule has 3 nitrogen and oxygen atoms in total. The van der Waals surface area contributed by atoms with E-state index in [1.807, 2.05) is 0 Å². The van der Waals surface area contributed by atoms with Crippen molar-refractivity contribution in [3.8, 4) is 0 Å². The van der Waals surface area contributed by atoms with Gasteiger partial charge in [-0.15, -0.1) is 0 Å². The second kappa shape index (κ2) is 8.48. The smallest absolute Gasteiger partial charge is 0.152 e. The molecule has 0 unspecified atom stereocenters. The van der Waals surface area contributed by atoms with E-state index in [4.69, 9.17) is 0 Å². The molecular formula is C21H32O3S. The zero-order valence-corrected chi connectivity index (χ0v) is 17.0. The van der Waals surface area contributed by atoms with Gasteiger partial charge in [0.25, 0.3) is 0 Å². The number of rotatable bonds is 9. The number of sulfone groups is 1. The second-order valence-corrected chi connectivity index (χ2v) is 10.4. The third-order valence-electron chi connectivity index (χ3n) is 5.51. The Hall–Kier alpha value is -1.16. The van der Waals surface area contributed by atoms with Crippen molar-refractivity contribution in [3.05, 3.63) is 33.9 Å². The van der Waals surface area contributed by atoms with Crippen LogP contribution in [0.5, 0.6) is 0 Å². The Morgan fingerprint density at radius 2 is 1.76 bits per heavy atom. The quantitative estimate of drug-likeness (QED) is 0.614. The van der Waals surface area contributed by atoms with Crippen LogP contribution in [-0.4, -0.2) is 25.2 Å². The van der Waals surface area contributed by atoms with Crippen LogP contribution in [0.2, 0.25) is 0 Å². The van der Waals surface area contributed by atoms with E-state index < -0.39 is 9.84 Å². The Morgan fingerprint density at radius 1 is 1.08 bits per heavy atom. The van der Waals surface area contributed by atoms with Crippen molar-refractivity contribution in [1.82, 2.24) is 0 Å². The van der Waals surface area contributed by atoms with Crippen molar-refractivity contribution in [3.63, 3.8) is 0 Å². The van der Waals surface area contributed by atoms with E-state index in [-0.39, 0.29) is 16.8 Å². The SMILES string of the molecule is Cc1cc(CC(=O)CCCCCS(=O)(=O)C(C)C)c(C)c2c1CCC2. The van der Waals surface area contributed by atoms with Gasteiger partial charge in [-0.3, -0.25) is 4.79 Å². The lowest BCUT2D eigenvalue weighted by Gasteiger charge is -2.13. The van der Waals surface area contributed by atoms with E-state index in [2.05, 4.69) is 19.9 Å². The number of hydrogen-bond donors (Lipinski definition) is 0. The fraction of sp³-hybridized carbons (Fsp3) is 0.667. The number of unbranched alkanes of at least 4 members (excludes halogenated alkanes) is 2. The summed E-state index contributed by atoms with van der Waals surface area (Å²) in [6.45, 7) is 7.76. The number of carbonyl (C=O) groups excluding carboxylic acids is 1. The number of hydrogen-bond acceptors (Lipinski definition) is 3. The van der Waals surface area contributed by atoms with Gasteiger partial charge in [0.15, 0.2) is 9.84 Å². The van der Waals surface area contributed by atoms with Gasteiger partial charge in [-0.05, 0) is 87.6 Å². The van der Waals surface area contributed by atoms with Crippen LogP contribution < -0.4 is 0 Å². The molecule has 4 heteroatoms. The van der Waals surface area contributed by atoms with E-state index in [9.17, 15) is 13.2 Å². The number of ketones is 1. The van der Waals surface area contributed by atoms with Gasteiger partial charge in [0.1, 0.15) is 5.78 Å². The van der Waals surface area contributed by atoms with Crippen molar-refractivity contribution in [1.29, 1.82) is 0 Å². The minimum atomic E-state index is -2.95. The molecule has 0 fully saturated rings. The molecule has 0 aromatic heterocycles. The first-order chi connectivity index (χ1) is 11.7. The zero-order valence-electron chi connectivity index (χ0n) is 16.2. The Morgan fingerprint density at radius 3 is 2.44 bits per heavy atom. The third kappa shape index (κ3) is 5.16. The molecule has 0 aliphatic heterocycles. The molecule has 1 aliphatic carbocycles. The maximum Gasteiger partial charge on any atom is 0.152 e. The predicted octanol–water partition coefficient (Wildman–Crippen LogP) is 4.29. The van der Waals surface area contributed by atoms with Gasteiger partial charge in [0.05, 0.1) is 11.0 Å². The molecule has 1 aromatic rings. The van der Waals surface area contributed by atoms with Gasteiger partial charge in [0.2, 0.25) is 0 Å². The highest BCUT2D eigenvalue weighted by Gasteiger charge is 2.19. The summed E-state index contributed by atoms with van der Waals surface area (Å²) in [7, 11) is -2.95. The topological polar surface area (TPSA) is 51.2 Å². The van der Waals surface area contributed by atoms with E-state index in [0.717, 1.165) is 19.3 Å². The average molecular weight is 365 g/mol. The summed E-state index contributed by atoms with van der Waals surface area (Å²) in [6, 6.07) is 2.20. The van der Waals surface area contributed by atoms with Gasteiger partial charge in [-0.2, -0.15) is 0 Å². The van der Waals surface area contributed by atoms with Gasteiger partial charge in [-0.1, -0.05) is 12.5 Å². The van der Waals surface area contributed by atoms with Crippen LogP contribution in [0.4, 0.5) is 0 Å². The Labute approximate surface area is 153 Å². The summed E-state index contributed by atoms with van der Waals surface area (Å²) in [6.07, 6.45) is 6.87. The first-order valence-corrected chi connectivity index (χ1v) is 11.3. The Balaban J connectivity index is 1.81. The normalized spacial score (nSPS) is 14.1. The lowest BCUT2D eigenvalue weighted by molar-refractivity contribution is -0.118. The maximum atomic E-state index is 12.3. The number of benzene rings is 1. The van der Waals surface area contributed by atoms with Crippen molar-refractivity contribution in [2.75, 3.05) is 5.75 Å². The fourth-order valence-electron chi connectivity index (χ4n) is 3.77. The first kappa shape index (κ1) is 20.2. The molecule has 0 spiro atoms.